The summed E-state index contributed by atoms with van der Waals surface area (Å²) in [6, 6.07) is 17.3. The number of hydrogen-bond acceptors (Lipinski definition) is 5. The average molecular weight is 406 g/mol. The molecule has 1 unspecified atom stereocenters. The van der Waals surface area contributed by atoms with Crippen molar-refractivity contribution in [3.8, 4) is 0 Å². The van der Waals surface area contributed by atoms with Gasteiger partial charge in [0.2, 0.25) is 0 Å². The van der Waals surface area contributed by atoms with Gasteiger partial charge in [-0.15, -0.1) is 0 Å². The summed E-state index contributed by atoms with van der Waals surface area (Å²) in [6.07, 6.45) is 2.42. The number of imide groups is 1. The minimum atomic E-state index is -1.12. The van der Waals surface area contributed by atoms with Crippen LogP contribution in [0.3, 0.4) is 0 Å². The van der Waals surface area contributed by atoms with Gasteiger partial charge in [0.25, 0.3) is 5.91 Å². The Morgan fingerprint density at radius 1 is 1.00 bits per heavy atom. The third kappa shape index (κ3) is 6.03. The normalized spacial score (nSPS) is 11.4. The van der Waals surface area contributed by atoms with E-state index in [0.29, 0.717) is 12.1 Å². The van der Waals surface area contributed by atoms with E-state index in [1.54, 1.807) is 35.1 Å². The van der Waals surface area contributed by atoms with Crippen molar-refractivity contribution in [2.45, 2.75) is 26.1 Å². The number of urea groups is 1. The maximum absolute atomic E-state index is 12.3. The molecule has 154 valence electrons. The molecule has 1 aromatic heterocycles. The highest BCUT2D eigenvalue weighted by Crippen LogP contribution is 2.09. The van der Waals surface area contributed by atoms with E-state index in [4.69, 9.17) is 4.74 Å². The van der Waals surface area contributed by atoms with Gasteiger partial charge in [-0.1, -0.05) is 42.5 Å². The molecule has 2 N–H and O–H groups in total. The van der Waals surface area contributed by atoms with Crippen LogP contribution in [0.15, 0.2) is 73.1 Å². The molecule has 0 saturated carbocycles. The van der Waals surface area contributed by atoms with Crippen molar-refractivity contribution in [2.75, 3.05) is 0 Å². The van der Waals surface area contributed by atoms with Crippen LogP contribution in [0.1, 0.15) is 28.4 Å². The van der Waals surface area contributed by atoms with Gasteiger partial charge in [0, 0.05) is 18.9 Å². The fourth-order valence-electron chi connectivity index (χ4n) is 2.65. The number of carbonyl (C=O) groups is 3. The van der Waals surface area contributed by atoms with E-state index in [1.807, 2.05) is 42.6 Å². The largest absolute Gasteiger partial charge is 0.449 e. The predicted molar refractivity (Wildman–Crippen MR) is 109 cm³/mol. The summed E-state index contributed by atoms with van der Waals surface area (Å²) in [4.78, 5) is 36.2. The van der Waals surface area contributed by atoms with Gasteiger partial charge in [-0.3, -0.25) is 14.8 Å². The summed E-state index contributed by atoms with van der Waals surface area (Å²) in [7, 11) is 0. The van der Waals surface area contributed by atoms with Crippen LogP contribution in [0.4, 0.5) is 4.79 Å². The van der Waals surface area contributed by atoms with Crippen LogP contribution >= 0.6 is 0 Å². The molecule has 30 heavy (non-hydrogen) atoms. The minimum Gasteiger partial charge on any atom is -0.449 e. The number of aromatic nitrogens is 2. The number of benzene rings is 2. The van der Waals surface area contributed by atoms with Crippen LogP contribution in [-0.2, 0) is 22.6 Å². The van der Waals surface area contributed by atoms with Gasteiger partial charge in [0.15, 0.2) is 6.10 Å². The second-order valence-electron chi connectivity index (χ2n) is 6.61. The van der Waals surface area contributed by atoms with Gasteiger partial charge < -0.3 is 10.1 Å². The first-order valence-corrected chi connectivity index (χ1v) is 9.41. The maximum atomic E-state index is 12.3. The Kier molecular flexibility index (Phi) is 6.94. The van der Waals surface area contributed by atoms with E-state index in [-0.39, 0.29) is 6.54 Å². The third-order valence-electron chi connectivity index (χ3n) is 4.28. The molecule has 0 fully saturated rings. The van der Waals surface area contributed by atoms with E-state index >= 15 is 0 Å². The zero-order valence-corrected chi connectivity index (χ0v) is 16.4. The summed E-state index contributed by atoms with van der Waals surface area (Å²) >= 11 is 0. The summed E-state index contributed by atoms with van der Waals surface area (Å²) < 4.78 is 6.93. The highest BCUT2D eigenvalue weighted by Gasteiger charge is 2.20. The molecular weight excluding hydrogens is 384 g/mol. The minimum absolute atomic E-state index is 0.277. The summed E-state index contributed by atoms with van der Waals surface area (Å²) in [5, 5.41) is 8.87. The summed E-state index contributed by atoms with van der Waals surface area (Å²) in [6.45, 7) is 2.27. The molecular formula is C22H22N4O4. The van der Waals surface area contributed by atoms with Crippen LogP contribution in [0.2, 0.25) is 0 Å². The lowest BCUT2D eigenvalue weighted by atomic mass is 10.1. The van der Waals surface area contributed by atoms with Crippen molar-refractivity contribution in [3.63, 3.8) is 0 Å². The van der Waals surface area contributed by atoms with E-state index in [0.717, 1.165) is 11.1 Å². The first-order valence-electron chi connectivity index (χ1n) is 9.41. The Hall–Kier alpha value is -3.94. The average Bonchev–Trinajstić information content (AvgIpc) is 3.26. The number of ether oxygens (including phenoxy) is 1. The first kappa shape index (κ1) is 20.8. The fraction of sp³-hybridized carbons (Fsp3) is 0.182. The number of esters is 1. The monoisotopic (exact) mass is 406 g/mol. The zero-order valence-electron chi connectivity index (χ0n) is 16.4. The Morgan fingerprint density at radius 3 is 2.40 bits per heavy atom. The SMILES string of the molecule is CC(OC(=O)c1ccc(Cn2cccn2)cc1)C(=O)NC(=O)NCc1ccccc1. The lowest BCUT2D eigenvalue weighted by Gasteiger charge is -2.13. The molecule has 0 aliphatic rings. The van der Waals surface area contributed by atoms with Crippen LogP contribution in [0, 0.1) is 0 Å². The van der Waals surface area contributed by atoms with Crippen molar-refractivity contribution in [1.29, 1.82) is 0 Å². The Bertz CT molecular complexity index is 986. The lowest BCUT2D eigenvalue weighted by Crippen LogP contribution is -2.44. The highest BCUT2D eigenvalue weighted by molar-refractivity contribution is 5.98. The number of amides is 3. The van der Waals surface area contributed by atoms with Crippen LogP contribution in [0.25, 0.3) is 0 Å². The molecule has 1 atom stereocenters. The van der Waals surface area contributed by atoms with Gasteiger partial charge in [0.05, 0.1) is 12.1 Å². The van der Waals surface area contributed by atoms with Gasteiger partial charge in [0.1, 0.15) is 0 Å². The molecule has 2 aromatic carbocycles. The van der Waals surface area contributed by atoms with Crippen LogP contribution in [-0.4, -0.2) is 33.8 Å². The van der Waals surface area contributed by atoms with Gasteiger partial charge in [-0.25, -0.2) is 9.59 Å². The Labute approximate surface area is 173 Å². The molecule has 0 spiro atoms. The molecule has 0 saturated heterocycles. The molecule has 0 radical (unpaired) electrons. The standard InChI is InChI=1S/C22H22N4O4/c1-16(20(27)25-22(29)23-14-17-6-3-2-4-7-17)30-21(28)19-10-8-18(9-11-19)15-26-13-5-12-24-26/h2-13,16H,14-15H2,1H3,(H2,23,25,27,29). The molecule has 8 nitrogen and oxygen atoms in total. The van der Waals surface area contributed by atoms with Crippen LogP contribution < -0.4 is 10.6 Å². The van der Waals surface area contributed by atoms with Crippen LogP contribution in [0.5, 0.6) is 0 Å². The summed E-state index contributed by atoms with van der Waals surface area (Å²) in [5.74, 6) is -1.35. The molecule has 0 aliphatic carbocycles. The number of hydrogen-bond donors (Lipinski definition) is 2. The van der Waals surface area contributed by atoms with Gasteiger partial charge in [-0.05, 0) is 36.2 Å². The Balaban J connectivity index is 1.45. The highest BCUT2D eigenvalue weighted by atomic mass is 16.5. The van der Waals surface area contributed by atoms with Gasteiger partial charge >= 0.3 is 12.0 Å². The number of nitrogens with zero attached hydrogens (tertiary/aromatic N) is 2. The van der Waals surface area contributed by atoms with E-state index in [1.165, 1.54) is 6.92 Å². The molecule has 3 amide bonds. The second kappa shape index (κ2) is 10.0. The Morgan fingerprint density at radius 2 is 1.73 bits per heavy atom. The van der Waals surface area contributed by atoms with Crippen molar-refractivity contribution >= 4 is 17.9 Å². The quantitative estimate of drug-likeness (QED) is 0.587. The molecule has 8 heteroatoms. The molecule has 0 aliphatic heterocycles. The fourth-order valence-corrected chi connectivity index (χ4v) is 2.65. The zero-order chi connectivity index (χ0) is 21.3. The number of carbonyl (C=O) groups excluding carboxylic acids is 3. The predicted octanol–water partition coefficient (Wildman–Crippen LogP) is 2.50. The number of rotatable bonds is 7. The topological polar surface area (TPSA) is 102 Å². The van der Waals surface area contributed by atoms with E-state index in [2.05, 4.69) is 15.7 Å². The molecule has 3 aromatic rings. The van der Waals surface area contributed by atoms with Crippen molar-refractivity contribution in [3.05, 3.63) is 89.7 Å². The molecule has 1 heterocycles. The number of nitrogens with one attached hydrogen (secondary N) is 2. The maximum Gasteiger partial charge on any atom is 0.338 e. The van der Waals surface area contributed by atoms with E-state index < -0.39 is 24.0 Å². The smallest absolute Gasteiger partial charge is 0.338 e. The molecule has 0 bridgehead atoms. The van der Waals surface area contributed by atoms with E-state index in [9.17, 15) is 14.4 Å². The lowest BCUT2D eigenvalue weighted by molar-refractivity contribution is -0.127. The third-order valence-corrected chi connectivity index (χ3v) is 4.28. The van der Waals surface area contributed by atoms with Crippen molar-refractivity contribution in [2.24, 2.45) is 0 Å². The van der Waals surface area contributed by atoms with Crippen molar-refractivity contribution < 1.29 is 19.1 Å². The first-order chi connectivity index (χ1) is 14.5. The second-order valence-corrected chi connectivity index (χ2v) is 6.61. The van der Waals surface area contributed by atoms with Crippen molar-refractivity contribution in [1.82, 2.24) is 20.4 Å². The molecule has 3 rings (SSSR count). The van der Waals surface area contributed by atoms with Gasteiger partial charge in [-0.2, -0.15) is 5.10 Å². The summed E-state index contributed by atoms with van der Waals surface area (Å²) in [5.41, 5.74) is 2.18.